The molecule has 0 spiro atoms. The molecule has 7 heteroatoms. The van der Waals surface area contributed by atoms with E-state index in [9.17, 15) is 4.79 Å². The molecule has 1 heterocycles. The molecule has 1 amide bonds. The van der Waals surface area contributed by atoms with Crippen LogP contribution >= 0.6 is 0 Å². The summed E-state index contributed by atoms with van der Waals surface area (Å²) in [4.78, 5) is 16.1. The smallest absolute Gasteiger partial charge is 0.251 e. The molecule has 0 bridgehead atoms. The van der Waals surface area contributed by atoms with Gasteiger partial charge in [0.05, 0.1) is 6.10 Å². The van der Waals surface area contributed by atoms with E-state index in [0.29, 0.717) is 36.2 Å². The number of benzene rings is 1. The molecular weight excluding hydrogens is 310 g/mol. The number of hydrogen-bond acceptors (Lipinski definition) is 6. The number of aromatic nitrogens is 2. The number of rotatable bonds is 9. The first kappa shape index (κ1) is 17.9. The van der Waals surface area contributed by atoms with Gasteiger partial charge in [-0.2, -0.15) is 4.98 Å². The fourth-order valence-corrected chi connectivity index (χ4v) is 1.95. The minimum absolute atomic E-state index is 0.111. The van der Waals surface area contributed by atoms with Crippen molar-refractivity contribution in [2.75, 3.05) is 13.2 Å². The van der Waals surface area contributed by atoms with Gasteiger partial charge in [0, 0.05) is 25.6 Å². The van der Waals surface area contributed by atoms with Gasteiger partial charge in [-0.05, 0) is 44.5 Å². The lowest BCUT2D eigenvalue weighted by Crippen LogP contribution is -2.25. The van der Waals surface area contributed by atoms with E-state index in [2.05, 4.69) is 15.5 Å². The molecule has 0 atom stereocenters. The summed E-state index contributed by atoms with van der Waals surface area (Å²) < 4.78 is 15.8. The average molecular weight is 333 g/mol. The minimum atomic E-state index is -0.111. The third-order valence-electron chi connectivity index (χ3n) is 3.11. The molecule has 1 N–H and O–H groups in total. The molecule has 0 saturated heterocycles. The van der Waals surface area contributed by atoms with E-state index in [1.54, 1.807) is 31.2 Å². The Labute approximate surface area is 141 Å². The van der Waals surface area contributed by atoms with Crippen LogP contribution in [0.4, 0.5) is 0 Å². The molecule has 7 nitrogen and oxygen atoms in total. The topological polar surface area (TPSA) is 86.5 Å². The first-order valence-corrected chi connectivity index (χ1v) is 7.96. The van der Waals surface area contributed by atoms with Gasteiger partial charge in [-0.1, -0.05) is 5.16 Å². The number of carbonyl (C=O) groups is 1. The maximum atomic E-state index is 12.0. The lowest BCUT2D eigenvalue weighted by atomic mass is 10.2. The number of nitrogens with zero attached hydrogens (tertiary/aromatic N) is 2. The highest BCUT2D eigenvalue weighted by Crippen LogP contribution is 2.13. The number of ether oxygens (including phenoxy) is 2. The van der Waals surface area contributed by atoms with E-state index in [4.69, 9.17) is 14.0 Å². The Hall–Kier alpha value is -2.41. The summed E-state index contributed by atoms with van der Waals surface area (Å²) in [6.45, 7) is 7.14. The molecule has 130 valence electrons. The maximum Gasteiger partial charge on any atom is 0.251 e. The Kier molecular flexibility index (Phi) is 6.74. The second-order valence-electron chi connectivity index (χ2n) is 5.57. The molecule has 0 unspecified atom stereocenters. The maximum absolute atomic E-state index is 12.0. The van der Waals surface area contributed by atoms with E-state index in [-0.39, 0.29) is 18.6 Å². The fourth-order valence-electron chi connectivity index (χ4n) is 1.95. The van der Waals surface area contributed by atoms with E-state index < -0.39 is 0 Å². The van der Waals surface area contributed by atoms with Crippen LogP contribution in [-0.4, -0.2) is 35.3 Å². The number of amides is 1. The van der Waals surface area contributed by atoms with Crippen LogP contribution in [0.3, 0.4) is 0 Å². The van der Waals surface area contributed by atoms with Crippen LogP contribution in [0.25, 0.3) is 0 Å². The van der Waals surface area contributed by atoms with E-state index in [1.165, 1.54) is 0 Å². The Morgan fingerprint density at radius 3 is 2.67 bits per heavy atom. The van der Waals surface area contributed by atoms with Gasteiger partial charge in [0.25, 0.3) is 5.91 Å². The van der Waals surface area contributed by atoms with Crippen LogP contribution < -0.4 is 10.1 Å². The molecule has 0 radical (unpaired) electrons. The Morgan fingerprint density at radius 2 is 2.04 bits per heavy atom. The third kappa shape index (κ3) is 6.00. The highest BCUT2D eigenvalue weighted by Gasteiger charge is 2.06. The van der Waals surface area contributed by atoms with Crippen molar-refractivity contribution in [3.8, 4) is 5.75 Å². The summed E-state index contributed by atoms with van der Waals surface area (Å²) in [5.74, 6) is 1.51. The molecule has 2 aromatic rings. The zero-order chi connectivity index (χ0) is 17.4. The minimum Gasteiger partial charge on any atom is -0.485 e. The highest BCUT2D eigenvalue weighted by atomic mass is 16.5. The average Bonchev–Trinajstić information content (AvgIpc) is 2.98. The molecule has 0 saturated carbocycles. The van der Waals surface area contributed by atoms with Gasteiger partial charge in [0.2, 0.25) is 11.7 Å². The zero-order valence-corrected chi connectivity index (χ0v) is 14.2. The summed E-state index contributed by atoms with van der Waals surface area (Å²) in [6, 6.07) is 6.92. The Bertz CT molecular complexity index is 638. The van der Waals surface area contributed by atoms with E-state index in [1.807, 2.05) is 13.8 Å². The monoisotopic (exact) mass is 333 g/mol. The van der Waals surface area contributed by atoms with Crippen LogP contribution in [0.2, 0.25) is 0 Å². The molecule has 0 aliphatic heterocycles. The molecule has 2 rings (SSSR count). The Morgan fingerprint density at radius 1 is 1.29 bits per heavy atom. The molecule has 1 aromatic heterocycles. The zero-order valence-electron chi connectivity index (χ0n) is 14.2. The van der Waals surface area contributed by atoms with Crippen LogP contribution in [0.1, 0.15) is 42.3 Å². The summed E-state index contributed by atoms with van der Waals surface area (Å²) in [5, 5.41) is 6.61. The number of carbonyl (C=O) groups excluding carboxylic acids is 1. The SMILES string of the molecule is Cc1nc(COc2ccc(C(=O)NCCCOC(C)C)cc2)no1. The van der Waals surface area contributed by atoms with Gasteiger partial charge in [0.15, 0.2) is 6.61 Å². The fraction of sp³-hybridized carbons (Fsp3) is 0.471. The van der Waals surface area contributed by atoms with E-state index >= 15 is 0 Å². The van der Waals surface area contributed by atoms with Crippen LogP contribution in [0, 0.1) is 6.92 Å². The first-order valence-electron chi connectivity index (χ1n) is 7.96. The van der Waals surface area contributed by atoms with Gasteiger partial charge in [-0.15, -0.1) is 0 Å². The number of hydrogen-bond donors (Lipinski definition) is 1. The predicted octanol–water partition coefficient (Wildman–Crippen LogP) is 2.50. The van der Waals surface area contributed by atoms with Crippen molar-refractivity contribution in [1.29, 1.82) is 0 Å². The first-order chi connectivity index (χ1) is 11.5. The lowest BCUT2D eigenvalue weighted by Gasteiger charge is -2.09. The second kappa shape index (κ2) is 9.02. The van der Waals surface area contributed by atoms with Crippen molar-refractivity contribution in [3.05, 3.63) is 41.5 Å². The number of aryl methyl sites for hydroxylation is 1. The Balaban J connectivity index is 1.73. The molecular formula is C17H23N3O4. The van der Waals surface area contributed by atoms with Gasteiger partial charge >= 0.3 is 0 Å². The van der Waals surface area contributed by atoms with Crippen molar-refractivity contribution in [1.82, 2.24) is 15.5 Å². The molecule has 0 aliphatic rings. The third-order valence-corrected chi connectivity index (χ3v) is 3.11. The van der Waals surface area contributed by atoms with Crippen molar-refractivity contribution in [3.63, 3.8) is 0 Å². The van der Waals surface area contributed by atoms with Crippen LogP contribution in [-0.2, 0) is 11.3 Å². The van der Waals surface area contributed by atoms with Gasteiger partial charge < -0.3 is 19.3 Å². The quantitative estimate of drug-likeness (QED) is 0.710. The second-order valence-corrected chi connectivity index (χ2v) is 5.57. The normalized spacial score (nSPS) is 10.8. The van der Waals surface area contributed by atoms with Crippen molar-refractivity contribution >= 4 is 5.91 Å². The summed E-state index contributed by atoms with van der Waals surface area (Å²) in [6.07, 6.45) is 1.000. The van der Waals surface area contributed by atoms with Crippen molar-refractivity contribution in [2.45, 2.75) is 39.9 Å². The van der Waals surface area contributed by atoms with E-state index in [0.717, 1.165) is 6.42 Å². The largest absolute Gasteiger partial charge is 0.485 e. The van der Waals surface area contributed by atoms with Crippen LogP contribution in [0.5, 0.6) is 5.75 Å². The highest BCUT2D eigenvalue weighted by molar-refractivity contribution is 5.94. The van der Waals surface area contributed by atoms with Gasteiger partial charge in [-0.25, -0.2) is 0 Å². The number of nitrogens with one attached hydrogen (secondary N) is 1. The van der Waals surface area contributed by atoms with Gasteiger partial charge in [0.1, 0.15) is 5.75 Å². The van der Waals surface area contributed by atoms with Crippen LogP contribution in [0.15, 0.2) is 28.8 Å². The summed E-state index contributed by atoms with van der Waals surface area (Å²) in [5.41, 5.74) is 0.586. The summed E-state index contributed by atoms with van der Waals surface area (Å²) in [7, 11) is 0. The standard InChI is InChI=1S/C17H23N3O4/c1-12(2)22-10-4-9-18-17(21)14-5-7-15(8-6-14)23-11-16-19-13(3)24-20-16/h5-8,12H,4,9-11H2,1-3H3,(H,18,21). The molecule has 0 aliphatic carbocycles. The molecule has 0 fully saturated rings. The molecule has 24 heavy (non-hydrogen) atoms. The summed E-state index contributed by atoms with van der Waals surface area (Å²) >= 11 is 0. The van der Waals surface area contributed by atoms with Gasteiger partial charge in [-0.3, -0.25) is 4.79 Å². The van der Waals surface area contributed by atoms with Crippen molar-refractivity contribution in [2.24, 2.45) is 0 Å². The molecule has 1 aromatic carbocycles. The lowest BCUT2D eigenvalue weighted by molar-refractivity contribution is 0.0757. The predicted molar refractivity (Wildman–Crippen MR) is 87.8 cm³/mol. The van der Waals surface area contributed by atoms with Crippen molar-refractivity contribution < 1.29 is 18.8 Å².